The van der Waals surface area contributed by atoms with Crippen LogP contribution in [0.15, 0.2) is 60.8 Å². The zero-order valence-electron chi connectivity index (χ0n) is 18.5. The molecule has 0 aliphatic carbocycles. The molecule has 0 saturated carbocycles. The zero-order chi connectivity index (χ0) is 22.4. The maximum Gasteiger partial charge on any atom is 0.415 e. The van der Waals surface area contributed by atoms with Crippen LogP contribution in [0.1, 0.15) is 32.0 Å². The van der Waals surface area contributed by atoms with Crippen LogP contribution in [-0.2, 0) is 4.74 Å². The van der Waals surface area contributed by atoms with Gasteiger partial charge in [0.25, 0.3) is 0 Å². The number of anilines is 1. The molecule has 1 amide bonds. The number of aromatic nitrogens is 2. The maximum atomic E-state index is 12.1. The second-order valence-corrected chi connectivity index (χ2v) is 8.00. The molecule has 2 aromatic heterocycles. The molecule has 0 saturated heterocycles. The lowest BCUT2D eigenvalue weighted by molar-refractivity contribution is 0.0588. The number of ether oxygens (including phenoxy) is 2. The molecule has 0 bridgehead atoms. The summed E-state index contributed by atoms with van der Waals surface area (Å²) in [5.41, 5.74) is 2.16. The number of rotatable bonds is 5. The van der Waals surface area contributed by atoms with E-state index < -0.39 is 11.7 Å². The molecule has 160 valence electrons. The Kier molecular flexibility index (Phi) is 6.70. The predicted octanol–water partition coefficient (Wildman–Crippen LogP) is 5.74. The summed E-state index contributed by atoms with van der Waals surface area (Å²) < 4.78 is 10.6. The standard InChI is InChI=1S/C25H27N3O3/c1-25(2,3)31-24(29)28(4)23-15-10-18(17-26-23)8-6-7-9-20-12-11-19-16-21(30-5)13-14-22(19)27-20/h6-17H,1-5H3/b8-6+,9-7+. The van der Waals surface area contributed by atoms with E-state index in [-0.39, 0.29) is 0 Å². The van der Waals surface area contributed by atoms with Crippen molar-refractivity contribution in [2.75, 3.05) is 19.1 Å². The third kappa shape index (κ3) is 6.15. The molecular weight excluding hydrogens is 390 g/mol. The Labute approximate surface area is 182 Å². The van der Waals surface area contributed by atoms with Crippen LogP contribution < -0.4 is 9.64 Å². The first-order valence-electron chi connectivity index (χ1n) is 9.97. The number of allylic oxidation sites excluding steroid dienone is 2. The summed E-state index contributed by atoms with van der Waals surface area (Å²) in [6.07, 6.45) is 9.01. The van der Waals surface area contributed by atoms with Crippen molar-refractivity contribution in [2.24, 2.45) is 0 Å². The smallest absolute Gasteiger partial charge is 0.415 e. The molecule has 0 spiro atoms. The molecule has 6 heteroatoms. The van der Waals surface area contributed by atoms with Crippen molar-refractivity contribution in [1.82, 2.24) is 9.97 Å². The molecule has 0 aliphatic heterocycles. The molecule has 1 aromatic carbocycles. The Balaban J connectivity index is 1.62. The molecule has 2 heterocycles. The molecule has 0 aliphatic rings. The average molecular weight is 418 g/mol. The molecule has 0 atom stereocenters. The van der Waals surface area contributed by atoms with Crippen molar-refractivity contribution in [1.29, 1.82) is 0 Å². The van der Waals surface area contributed by atoms with Crippen molar-refractivity contribution in [3.63, 3.8) is 0 Å². The summed E-state index contributed by atoms with van der Waals surface area (Å²) in [5.74, 6) is 1.34. The average Bonchev–Trinajstić information content (AvgIpc) is 2.75. The lowest BCUT2D eigenvalue weighted by Gasteiger charge is -2.24. The van der Waals surface area contributed by atoms with Gasteiger partial charge in [0.1, 0.15) is 17.2 Å². The monoisotopic (exact) mass is 417 g/mol. The van der Waals surface area contributed by atoms with Gasteiger partial charge in [0.05, 0.1) is 18.3 Å². The van der Waals surface area contributed by atoms with E-state index in [9.17, 15) is 4.79 Å². The molecule has 3 aromatic rings. The number of nitrogens with zero attached hydrogens (tertiary/aromatic N) is 3. The first-order valence-corrected chi connectivity index (χ1v) is 9.97. The van der Waals surface area contributed by atoms with Gasteiger partial charge in [0.2, 0.25) is 0 Å². The van der Waals surface area contributed by atoms with Gasteiger partial charge >= 0.3 is 6.09 Å². The van der Waals surface area contributed by atoms with Gasteiger partial charge in [-0.2, -0.15) is 0 Å². The van der Waals surface area contributed by atoms with Crippen LogP contribution in [0, 0.1) is 0 Å². The number of fused-ring (bicyclic) bond motifs is 1. The van der Waals surface area contributed by atoms with Gasteiger partial charge in [-0.25, -0.2) is 14.8 Å². The van der Waals surface area contributed by atoms with Crippen molar-refractivity contribution < 1.29 is 14.3 Å². The van der Waals surface area contributed by atoms with E-state index >= 15 is 0 Å². The third-order valence-electron chi connectivity index (χ3n) is 4.37. The highest BCUT2D eigenvalue weighted by molar-refractivity contribution is 5.86. The van der Waals surface area contributed by atoms with Crippen molar-refractivity contribution in [2.45, 2.75) is 26.4 Å². The molecule has 3 rings (SSSR count). The largest absolute Gasteiger partial charge is 0.497 e. The number of carbonyl (C=O) groups excluding carboxylic acids is 1. The maximum absolute atomic E-state index is 12.1. The van der Waals surface area contributed by atoms with Gasteiger partial charge in [-0.15, -0.1) is 0 Å². The number of pyridine rings is 2. The Hall–Kier alpha value is -3.67. The predicted molar refractivity (Wildman–Crippen MR) is 125 cm³/mol. The highest BCUT2D eigenvalue weighted by Gasteiger charge is 2.21. The van der Waals surface area contributed by atoms with Crippen LogP contribution in [0.5, 0.6) is 5.75 Å². The number of benzene rings is 1. The highest BCUT2D eigenvalue weighted by atomic mass is 16.6. The summed E-state index contributed by atoms with van der Waals surface area (Å²) in [5, 5.41) is 1.04. The summed E-state index contributed by atoms with van der Waals surface area (Å²) in [4.78, 5) is 22.5. The van der Waals surface area contributed by atoms with Crippen molar-refractivity contribution >= 4 is 35.0 Å². The number of hydrogen-bond donors (Lipinski definition) is 0. The van der Waals surface area contributed by atoms with E-state index in [0.717, 1.165) is 27.9 Å². The summed E-state index contributed by atoms with van der Waals surface area (Å²) in [6, 6.07) is 13.5. The minimum atomic E-state index is -0.548. The fraction of sp³-hybridized carbons (Fsp3) is 0.240. The fourth-order valence-electron chi connectivity index (χ4n) is 2.78. The first kappa shape index (κ1) is 22.0. The Morgan fingerprint density at radius 3 is 2.48 bits per heavy atom. The number of amides is 1. The molecule has 6 nitrogen and oxygen atoms in total. The normalized spacial score (nSPS) is 11.9. The second-order valence-electron chi connectivity index (χ2n) is 8.00. The van der Waals surface area contributed by atoms with Crippen LogP contribution in [0.2, 0.25) is 0 Å². The quantitative estimate of drug-likeness (QED) is 0.496. The van der Waals surface area contributed by atoms with Crippen molar-refractivity contribution in [3.05, 3.63) is 72.1 Å². The minimum absolute atomic E-state index is 0.437. The minimum Gasteiger partial charge on any atom is -0.497 e. The number of methoxy groups -OCH3 is 1. The van der Waals surface area contributed by atoms with Crippen LogP contribution in [0.3, 0.4) is 0 Å². The lowest BCUT2D eigenvalue weighted by atomic mass is 10.2. The van der Waals surface area contributed by atoms with E-state index in [4.69, 9.17) is 9.47 Å². The van der Waals surface area contributed by atoms with Gasteiger partial charge in [-0.1, -0.05) is 24.3 Å². The summed E-state index contributed by atoms with van der Waals surface area (Å²) in [7, 11) is 3.29. The van der Waals surface area contributed by atoms with Crippen LogP contribution in [0.4, 0.5) is 10.6 Å². The highest BCUT2D eigenvalue weighted by Crippen LogP contribution is 2.20. The zero-order valence-corrected chi connectivity index (χ0v) is 18.5. The molecule has 0 N–H and O–H groups in total. The van der Waals surface area contributed by atoms with E-state index in [1.807, 2.05) is 81.5 Å². The molecule has 0 radical (unpaired) electrons. The Bertz CT molecular complexity index is 1110. The summed E-state index contributed by atoms with van der Waals surface area (Å²) >= 11 is 0. The van der Waals surface area contributed by atoms with Gasteiger partial charge in [0.15, 0.2) is 0 Å². The Morgan fingerprint density at radius 2 is 1.81 bits per heavy atom. The fourth-order valence-corrected chi connectivity index (χ4v) is 2.78. The van der Waals surface area contributed by atoms with Gasteiger partial charge in [-0.05, 0) is 68.8 Å². The van der Waals surface area contributed by atoms with E-state index in [1.54, 1.807) is 26.4 Å². The second kappa shape index (κ2) is 9.43. The van der Waals surface area contributed by atoms with Crippen LogP contribution in [0.25, 0.3) is 23.1 Å². The van der Waals surface area contributed by atoms with Gasteiger partial charge in [0, 0.05) is 18.6 Å². The van der Waals surface area contributed by atoms with Crippen LogP contribution >= 0.6 is 0 Å². The van der Waals surface area contributed by atoms with E-state index in [2.05, 4.69) is 9.97 Å². The number of carbonyl (C=O) groups is 1. The molecule has 31 heavy (non-hydrogen) atoms. The topological polar surface area (TPSA) is 64.5 Å². The van der Waals surface area contributed by atoms with Crippen LogP contribution in [-0.4, -0.2) is 35.8 Å². The molecule has 0 fully saturated rings. The first-order chi connectivity index (χ1) is 14.7. The molecule has 0 unspecified atom stereocenters. The van der Waals surface area contributed by atoms with E-state index in [0.29, 0.717) is 5.82 Å². The Morgan fingerprint density at radius 1 is 1.03 bits per heavy atom. The van der Waals surface area contributed by atoms with E-state index in [1.165, 1.54) is 4.90 Å². The SMILES string of the molecule is COc1ccc2nc(/C=C/C=C/c3ccc(N(C)C(=O)OC(C)(C)C)nc3)ccc2c1. The van der Waals surface area contributed by atoms with Crippen molar-refractivity contribution in [3.8, 4) is 5.75 Å². The van der Waals surface area contributed by atoms with Gasteiger partial charge < -0.3 is 9.47 Å². The summed E-state index contributed by atoms with van der Waals surface area (Å²) in [6.45, 7) is 5.49. The molecular formula is C25H27N3O3. The lowest BCUT2D eigenvalue weighted by Crippen LogP contribution is -2.34. The van der Waals surface area contributed by atoms with Gasteiger partial charge in [-0.3, -0.25) is 4.90 Å². The third-order valence-corrected chi connectivity index (χ3v) is 4.37. The number of hydrogen-bond acceptors (Lipinski definition) is 5.